The van der Waals surface area contributed by atoms with Crippen molar-refractivity contribution in [2.45, 2.75) is 25.9 Å². The molecule has 4 nitrogen and oxygen atoms in total. The molecule has 0 bridgehead atoms. The van der Waals surface area contributed by atoms with Gasteiger partial charge in [-0.25, -0.2) is 4.39 Å². The quantitative estimate of drug-likeness (QED) is 0.944. The number of rotatable bonds is 3. The Morgan fingerprint density at radius 3 is 3.10 bits per heavy atom. The topological polar surface area (TPSA) is 51.2 Å². The number of aromatic nitrogens is 1. The lowest BCUT2D eigenvalue weighted by atomic mass is 10.1. The fourth-order valence-electron chi connectivity index (χ4n) is 2.63. The van der Waals surface area contributed by atoms with Crippen molar-refractivity contribution >= 4 is 16.8 Å². The van der Waals surface area contributed by atoms with Gasteiger partial charge in [0.2, 0.25) is 0 Å². The molecule has 21 heavy (non-hydrogen) atoms. The number of halogens is 1. The molecule has 1 atom stereocenters. The Balaban J connectivity index is 1.87. The number of nitrogens with one attached hydrogen (secondary N) is 1. The van der Waals surface area contributed by atoms with Crippen LogP contribution in [-0.2, 0) is 4.74 Å². The number of hydrogen-bond acceptors (Lipinski definition) is 3. The van der Waals surface area contributed by atoms with Gasteiger partial charge in [0.15, 0.2) is 0 Å². The van der Waals surface area contributed by atoms with Crippen LogP contribution in [0.5, 0.6) is 0 Å². The summed E-state index contributed by atoms with van der Waals surface area (Å²) in [6.45, 7) is 3.06. The first kappa shape index (κ1) is 13.9. The molecule has 1 aliphatic rings. The maximum Gasteiger partial charge on any atom is 0.252 e. The van der Waals surface area contributed by atoms with Crippen molar-refractivity contribution < 1.29 is 13.9 Å². The summed E-state index contributed by atoms with van der Waals surface area (Å²) in [6.07, 6.45) is 2.08. The number of aryl methyl sites for hydroxylation is 1. The maximum atomic E-state index is 13.4. The number of hydrogen-bond donors (Lipinski definition) is 1. The first-order chi connectivity index (χ1) is 10.1. The molecular weight excluding hydrogens is 271 g/mol. The van der Waals surface area contributed by atoms with Gasteiger partial charge in [0.25, 0.3) is 5.91 Å². The monoisotopic (exact) mass is 288 g/mol. The van der Waals surface area contributed by atoms with Gasteiger partial charge in [0, 0.05) is 24.2 Å². The average Bonchev–Trinajstić information content (AvgIpc) is 2.97. The Kier molecular flexibility index (Phi) is 3.84. The molecule has 1 amide bonds. The Morgan fingerprint density at radius 2 is 2.33 bits per heavy atom. The van der Waals surface area contributed by atoms with Gasteiger partial charge in [0.05, 0.1) is 17.2 Å². The Morgan fingerprint density at radius 1 is 1.48 bits per heavy atom. The summed E-state index contributed by atoms with van der Waals surface area (Å²) in [5, 5.41) is 3.40. The van der Waals surface area contributed by atoms with E-state index in [2.05, 4.69) is 10.3 Å². The summed E-state index contributed by atoms with van der Waals surface area (Å²) >= 11 is 0. The van der Waals surface area contributed by atoms with Gasteiger partial charge in [-0.2, -0.15) is 0 Å². The van der Waals surface area contributed by atoms with E-state index < -0.39 is 0 Å². The predicted molar refractivity (Wildman–Crippen MR) is 77.7 cm³/mol. The van der Waals surface area contributed by atoms with Crippen LogP contribution in [-0.4, -0.2) is 30.1 Å². The Hall–Kier alpha value is -2.01. The number of nitrogens with zero attached hydrogens (tertiary/aromatic N) is 1. The van der Waals surface area contributed by atoms with Gasteiger partial charge in [0.1, 0.15) is 5.82 Å². The van der Waals surface area contributed by atoms with Crippen molar-refractivity contribution in [2.24, 2.45) is 0 Å². The van der Waals surface area contributed by atoms with Crippen LogP contribution in [0.3, 0.4) is 0 Å². The second-order valence-electron chi connectivity index (χ2n) is 5.32. The molecule has 0 spiro atoms. The Bertz CT molecular complexity index is 681. The van der Waals surface area contributed by atoms with Crippen molar-refractivity contribution in [2.75, 3.05) is 13.2 Å². The lowest BCUT2D eigenvalue weighted by molar-refractivity contribution is 0.0859. The summed E-state index contributed by atoms with van der Waals surface area (Å²) in [7, 11) is 0. The molecule has 1 saturated heterocycles. The number of benzene rings is 1. The van der Waals surface area contributed by atoms with Crippen molar-refractivity contribution in [3.63, 3.8) is 0 Å². The maximum absolute atomic E-state index is 13.4. The highest BCUT2D eigenvalue weighted by Crippen LogP contribution is 2.20. The van der Waals surface area contributed by atoms with Gasteiger partial charge < -0.3 is 10.1 Å². The molecule has 1 fully saturated rings. The third-order valence-corrected chi connectivity index (χ3v) is 3.66. The van der Waals surface area contributed by atoms with Crippen LogP contribution in [0.25, 0.3) is 10.9 Å². The molecule has 1 aromatic carbocycles. The van der Waals surface area contributed by atoms with E-state index in [1.165, 1.54) is 12.1 Å². The van der Waals surface area contributed by atoms with Gasteiger partial charge >= 0.3 is 0 Å². The number of carbonyl (C=O) groups excluding carboxylic acids is 1. The van der Waals surface area contributed by atoms with Crippen LogP contribution in [0.4, 0.5) is 4.39 Å². The van der Waals surface area contributed by atoms with Crippen LogP contribution in [0, 0.1) is 12.7 Å². The van der Waals surface area contributed by atoms with Crippen LogP contribution in [0.1, 0.15) is 28.9 Å². The molecule has 1 aliphatic heterocycles. The van der Waals surface area contributed by atoms with Crippen molar-refractivity contribution in [1.82, 2.24) is 10.3 Å². The second-order valence-corrected chi connectivity index (χ2v) is 5.32. The van der Waals surface area contributed by atoms with Gasteiger partial charge in [-0.3, -0.25) is 9.78 Å². The predicted octanol–water partition coefficient (Wildman–Crippen LogP) is 2.59. The van der Waals surface area contributed by atoms with Crippen LogP contribution in [0.2, 0.25) is 0 Å². The van der Waals surface area contributed by atoms with Crippen molar-refractivity contribution in [3.8, 4) is 0 Å². The molecular formula is C16H17FN2O2. The van der Waals surface area contributed by atoms with Crippen LogP contribution >= 0.6 is 0 Å². The molecule has 0 saturated carbocycles. The van der Waals surface area contributed by atoms with E-state index in [1.54, 1.807) is 12.1 Å². The van der Waals surface area contributed by atoms with E-state index >= 15 is 0 Å². The van der Waals surface area contributed by atoms with E-state index in [4.69, 9.17) is 4.74 Å². The van der Waals surface area contributed by atoms with Crippen molar-refractivity contribution in [1.29, 1.82) is 0 Å². The highest BCUT2D eigenvalue weighted by Gasteiger charge is 2.18. The molecule has 1 N–H and O–H groups in total. The third kappa shape index (κ3) is 3.03. The summed E-state index contributed by atoms with van der Waals surface area (Å²) in [4.78, 5) is 16.7. The first-order valence-corrected chi connectivity index (χ1v) is 7.10. The van der Waals surface area contributed by atoms with E-state index in [0.717, 1.165) is 25.1 Å². The smallest absolute Gasteiger partial charge is 0.252 e. The van der Waals surface area contributed by atoms with E-state index in [0.29, 0.717) is 23.0 Å². The standard InChI is InChI=1S/C16H17FN2O2/c1-10-7-14(13-8-11(17)4-5-15(13)19-10)16(20)18-9-12-3-2-6-21-12/h4-5,7-8,12H,2-3,6,9H2,1H3,(H,18,20)/t12-/m1/s1. The van der Waals surface area contributed by atoms with E-state index in [-0.39, 0.29) is 17.8 Å². The first-order valence-electron chi connectivity index (χ1n) is 7.10. The fourth-order valence-corrected chi connectivity index (χ4v) is 2.63. The molecule has 2 aromatic rings. The molecule has 5 heteroatoms. The van der Waals surface area contributed by atoms with Crippen molar-refractivity contribution in [3.05, 3.63) is 41.3 Å². The van der Waals surface area contributed by atoms with E-state index in [1.807, 2.05) is 6.92 Å². The molecule has 110 valence electrons. The number of pyridine rings is 1. The van der Waals surface area contributed by atoms with Crippen LogP contribution in [0.15, 0.2) is 24.3 Å². The number of carbonyl (C=O) groups is 1. The van der Waals surface area contributed by atoms with E-state index in [9.17, 15) is 9.18 Å². The zero-order valence-corrected chi connectivity index (χ0v) is 11.9. The lowest BCUT2D eigenvalue weighted by Crippen LogP contribution is -2.32. The SMILES string of the molecule is Cc1cc(C(=O)NC[C@H]2CCCO2)c2cc(F)ccc2n1. The average molecular weight is 288 g/mol. The largest absolute Gasteiger partial charge is 0.376 e. The number of ether oxygens (including phenoxy) is 1. The second kappa shape index (κ2) is 5.77. The molecule has 0 aliphatic carbocycles. The minimum absolute atomic E-state index is 0.0832. The summed E-state index contributed by atoms with van der Waals surface area (Å²) in [5.41, 5.74) is 1.81. The van der Waals surface area contributed by atoms with Gasteiger partial charge in [-0.1, -0.05) is 0 Å². The molecule has 0 unspecified atom stereocenters. The third-order valence-electron chi connectivity index (χ3n) is 3.66. The normalized spacial score (nSPS) is 18.1. The summed E-state index contributed by atoms with van der Waals surface area (Å²) < 4.78 is 18.9. The Labute approximate surface area is 122 Å². The van der Waals surface area contributed by atoms with Gasteiger partial charge in [-0.15, -0.1) is 0 Å². The minimum atomic E-state index is -0.374. The molecule has 0 radical (unpaired) electrons. The fraction of sp³-hybridized carbons (Fsp3) is 0.375. The minimum Gasteiger partial charge on any atom is -0.376 e. The highest BCUT2D eigenvalue weighted by atomic mass is 19.1. The highest BCUT2D eigenvalue weighted by molar-refractivity contribution is 6.06. The van der Waals surface area contributed by atoms with Crippen LogP contribution < -0.4 is 5.32 Å². The van der Waals surface area contributed by atoms with Gasteiger partial charge in [-0.05, 0) is 44.0 Å². The molecule has 2 heterocycles. The number of fused-ring (bicyclic) bond motifs is 1. The zero-order valence-electron chi connectivity index (χ0n) is 11.9. The molecule has 1 aromatic heterocycles. The summed E-state index contributed by atoms with van der Waals surface area (Å²) in [6, 6.07) is 5.98. The lowest BCUT2D eigenvalue weighted by Gasteiger charge is -2.12. The summed E-state index contributed by atoms with van der Waals surface area (Å²) in [5.74, 6) is -0.590. The number of amides is 1. The zero-order chi connectivity index (χ0) is 14.8. The molecule has 3 rings (SSSR count).